The van der Waals surface area contributed by atoms with Crippen molar-refractivity contribution in [2.75, 3.05) is 30.8 Å². The number of hydrogen-bond acceptors (Lipinski definition) is 7. The summed E-state index contributed by atoms with van der Waals surface area (Å²) in [5.41, 5.74) is 0.377. The molecule has 3 rings (SSSR count). The van der Waals surface area contributed by atoms with Gasteiger partial charge >= 0.3 is 5.97 Å². The van der Waals surface area contributed by atoms with Crippen molar-refractivity contribution >= 4 is 29.1 Å². The first-order valence-electron chi connectivity index (χ1n) is 8.46. The zero-order valence-electron chi connectivity index (χ0n) is 15.1. The van der Waals surface area contributed by atoms with E-state index in [1.807, 2.05) is 18.2 Å². The average Bonchev–Trinajstić information content (AvgIpc) is 2.74. The van der Waals surface area contributed by atoms with Crippen LogP contribution in [0.4, 0.5) is 11.5 Å². The van der Waals surface area contributed by atoms with Crippen LogP contribution in [-0.4, -0.2) is 40.9 Å². The topological polar surface area (TPSA) is 98.1 Å². The van der Waals surface area contributed by atoms with Crippen LogP contribution < -0.4 is 16.2 Å². The summed E-state index contributed by atoms with van der Waals surface area (Å²) in [6, 6.07) is 12.1. The van der Waals surface area contributed by atoms with Crippen molar-refractivity contribution in [3.63, 3.8) is 0 Å². The fraction of sp³-hybridized carbons (Fsp3) is 0.158. The molecule has 0 radical (unpaired) electrons. The molecule has 0 bridgehead atoms. The Balaban J connectivity index is 1.75. The molecule has 8 nitrogen and oxygen atoms in total. The highest BCUT2D eigenvalue weighted by atomic mass is 35.5. The van der Waals surface area contributed by atoms with Gasteiger partial charge in [0.15, 0.2) is 0 Å². The van der Waals surface area contributed by atoms with Crippen LogP contribution in [0.2, 0.25) is 5.02 Å². The number of pyridine rings is 1. The number of hydrogen-bond donors (Lipinski definition) is 2. The van der Waals surface area contributed by atoms with Crippen molar-refractivity contribution in [2.45, 2.75) is 0 Å². The summed E-state index contributed by atoms with van der Waals surface area (Å²) in [6.07, 6.45) is 3.14. The van der Waals surface area contributed by atoms with Gasteiger partial charge in [0, 0.05) is 19.3 Å². The van der Waals surface area contributed by atoms with Crippen LogP contribution in [0.1, 0.15) is 10.4 Å². The van der Waals surface area contributed by atoms with E-state index in [1.54, 1.807) is 30.5 Å². The molecule has 0 saturated heterocycles. The maximum atomic E-state index is 12.7. The van der Waals surface area contributed by atoms with E-state index >= 15 is 0 Å². The number of halogens is 1. The van der Waals surface area contributed by atoms with Gasteiger partial charge in [-0.2, -0.15) is 9.78 Å². The predicted octanol–water partition coefficient (Wildman–Crippen LogP) is 2.59. The number of methoxy groups -OCH3 is 1. The smallest absolute Gasteiger partial charge is 0.340 e. The molecule has 0 aliphatic heterocycles. The summed E-state index contributed by atoms with van der Waals surface area (Å²) >= 11 is 6.23. The molecule has 0 aliphatic carbocycles. The van der Waals surface area contributed by atoms with Gasteiger partial charge in [0.25, 0.3) is 5.56 Å². The van der Waals surface area contributed by atoms with Gasteiger partial charge in [-0.25, -0.2) is 9.78 Å². The van der Waals surface area contributed by atoms with Crippen LogP contribution in [-0.2, 0) is 4.74 Å². The zero-order chi connectivity index (χ0) is 19.9. The minimum absolute atomic E-state index is 0.0208. The predicted molar refractivity (Wildman–Crippen MR) is 107 cm³/mol. The normalized spacial score (nSPS) is 10.4. The first-order valence-corrected chi connectivity index (χ1v) is 8.84. The van der Waals surface area contributed by atoms with Crippen LogP contribution in [0.5, 0.6) is 0 Å². The second-order valence-corrected chi connectivity index (χ2v) is 6.04. The molecule has 0 unspecified atom stereocenters. The number of ether oxygens (including phenoxy) is 1. The molecule has 0 fully saturated rings. The molecule has 0 amide bonds. The van der Waals surface area contributed by atoms with Gasteiger partial charge in [0.1, 0.15) is 10.8 Å². The van der Waals surface area contributed by atoms with E-state index in [9.17, 15) is 9.59 Å². The summed E-state index contributed by atoms with van der Waals surface area (Å²) in [7, 11) is 1.27. The third-order valence-electron chi connectivity index (χ3n) is 3.87. The monoisotopic (exact) mass is 399 g/mol. The van der Waals surface area contributed by atoms with Crippen LogP contribution in [0, 0.1) is 0 Å². The third kappa shape index (κ3) is 4.29. The number of benzene rings is 1. The van der Waals surface area contributed by atoms with Gasteiger partial charge in [0.2, 0.25) is 0 Å². The highest BCUT2D eigenvalue weighted by molar-refractivity contribution is 6.33. The average molecular weight is 400 g/mol. The Morgan fingerprint density at radius 3 is 2.64 bits per heavy atom. The molecule has 2 heterocycles. The van der Waals surface area contributed by atoms with Crippen molar-refractivity contribution in [3.05, 3.63) is 75.8 Å². The maximum Gasteiger partial charge on any atom is 0.340 e. The molecule has 2 aromatic heterocycles. The fourth-order valence-corrected chi connectivity index (χ4v) is 2.72. The van der Waals surface area contributed by atoms with Crippen LogP contribution >= 0.6 is 11.6 Å². The number of esters is 1. The minimum Gasteiger partial charge on any atom is -0.465 e. The Labute approximate surface area is 166 Å². The zero-order valence-corrected chi connectivity index (χ0v) is 15.8. The molecular formula is C19H18ClN5O3. The van der Waals surface area contributed by atoms with E-state index in [2.05, 4.69) is 20.7 Å². The summed E-state index contributed by atoms with van der Waals surface area (Å²) in [5, 5.41) is 10.3. The Morgan fingerprint density at radius 1 is 1.14 bits per heavy atom. The van der Waals surface area contributed by atoms with E-state index in [1.165, 1.54) is 13.3 Å². The maximum absolute atomic E-state index is 12.7. The molecule has 1 aromatic carbocycles. The number of anilines is 2. The van der Waals surface area contributed by atoms with E-state index in [0.29, 0.717) is 24.5 Å². The highest BCUT2D eigenvalue weighted by Gasteiger charge is 2.17. The van der Waals surface area contributed by atoms with Crippen LogP contribution in [0.25, 0.3) is 5.69 Å². The summed E-state index contributed by atoms with van der Waals surface area (Å²) < 4.78 is 5.83. The lowest BCUT2D eigenvalue weighted by molar-refractivity contribution is 0.0600. The van der Waals surface area contributed by atoms with Gasteiger partial charge < -0.3 is 15.4 Å². The molecular weight excluding hydrogens is 382 g/mol. The lowest BCUT2D eigenvalue weighted by Crippen LogP contribution is -2.25. The van der Waals surface area contributed by atoms with Crippen molar-refractivity contribution in [2.24, 2.45) is 0 Å². The summed E-state index contributed by atoms with van der Waals surface area (Å²) in [6.45, 7) is 1.07. The number of carbonyl (C=O) groups is 1. The molecule has 0 spiro atoms. The minimum atomic E-state index is -0.566. The van der Waals surface area contributed by atoms with Crippen LogP contribution in [0.15, 0.2) is 59.7 Å². The van der Waals surface area contributed by atoms with E-state index in [-0.39, 0.29) is 10.6 Å². The lowest BCUT2D eigenvalue weighted by Gasteiger charge is -2.12. The standard InChI is InChI=1S/C19H18ClN5O3/c1-28-19(27)13-6-2-3-7-15(13)25-18(26)17(20)14(12-24-25)21-10-11-23-16-8-4-5-9-22-16/h2-9,12,21H,10-11H2,1H3,(H,22,23). The van der Waals surface area contributed by atoms with E-state index < -0.39 is 11.5 Å². The number of nitrogens with one attached hydrogen (secondary N) is 2. The Morgan fingerprint density at radius 2 is 1.89 bits per heavy atom. The van der Waals surface area contributed by atoms with E-state index in [0.717, 1.165) is 10.5 Å². The summed E-state index contributed by atoms with van der Waals surface area (Å²) in [5.74, 6) is 0.187. The second-order valence-electron chi connectivity index (χ2n) is 5.67. The quantitative estimate of drug-likeness (QED) is 0.465. The Kier molecular flexibility index (Phi) is 6.23. The van der Waals surface area contributed by atoms with E-state index in [4.69, 9.17) is 16.3 Å². The van der Waals surface area contributed by atoms with Gasteiger partial charge in [-0.05, 0) is 24.3 Å². The first-order chi connectivity index (χ1) is 13.6. The summed E-state index contributed by atoms with van der Waals surface area (Å²) in [4.78, 5) is 28.8. The Hall–Kier alpha value is -3.39. The molecule has 0 aliphatic rings. The molecule has 0 saturated carbocycles. The second kappa shape index (κ2) is 9.01. The van der Waals surface area contributed by atoms with Crippen molar-refractivity contribution in [3.8, 4) is 5.69 Å². The number of aromatic nitrogens is 3. The number of carbonyl (C=O) groups excluding carboxylic acids is 1. The Bertz CT molecular complexity index is 1020. The molecule has 144 valence electrons. The third-order valence-corrected chi connectivity index (χ3v) is 4.23. The van der Waals surface area contributed by atoms with Gasteiger partial charge in [-0.1, -0.05) is 29.8 Å². The highest BCUT2D eigenvalue weighted by Crippen LogP contribution is 2.18. The molecule has 28 heavy (non-hydrogen) atoms. The molecule has 2 N–H and O–H groups in total. The van der Waals surface area contributed by atoms with Gasteiger partial charge in [-0.3, -0.25) is 4.79 Å². The SMILES string of the molecule is COC(=O)c1ccccc1-n1ncc(NCCNc2ccccn2)c(Cl)c1=O. The number of para-hydroxylation sites is 1. The largest absolute Gasteiger partial charge is 0.465 e. The van der Waals surface area contributed by atoms with Crippen molar-refractivity contribution < 1.29 is 9.53 Å². The number of rotatable bonds is 7. The first kappa shape index (κ1) is 19.4. The van der Waals surface area contributed by atoms with Crippen LogP contribution in [0.3, 0.4) is 0 Å². The fourth-order valence-electron chi connectivity index (χ4n) is 2.52. The number of nitrogens with zero attached hydrogens (tertiary/aromatic N) is 3. The van der Waals surface area contributed by atoms with Crippen molar-refractivity contribution in [1.29, 1.82) is 0 Å². The lowest BCUT2D eigenvalue weighted by atomic mass is 10.2. The molecule has 0 atom stereocenters. The van der Waals surface area contributed by atoms with Crippen molar-refractivity contribution in [1.82, 2.24) is 14.8 Å². The molecule has 9 heteroatoms. The van der Waals surface area contributed by atoms with Gasteiger partial charge in [0.05, 0.1) is 30.2 Å². The molecule has 3 aromatic rings. The van der Waals surface area contributed by atoms with Gasteiger partial charge in [-0.15, -0.1) is 0 Å².